The number of hydrogen-bond donors (Lipinski definition) is 0. The average Bonchev–Trinajstić information content (AvgIpc) is 3.21. The number of allylic oxidation sites excluding steroid dienone is 3. The monoisotopic (exact) mass is 486 g/mol. The van der Waals surface area contributed by atoms with E-state index in [4.69, 9.17) is 0 Å². The molecule has 0 aromatic carbocycles. The van der Waals surface area contributed by atoms with Crippen molar-refractivity contribution in [1.82, 2.24) is 0 Å². The predicted octanol–water partition coefficient (Wildman–Crippen LogP) is 6.56. The summed E-state index contributed by atoms with van der Waals surface area (Å²) in [6.45, 7) is -2.48. The molecule has 31 heavy (non-hydrogen) atoms. The molecule has 2 unspecified atom stereocenters. The first-order chi connectivity index (χ1) is 13.7. The van der Waals surface area contributed by atoms with E-state index in [1.807, 2.05) is 0 Å². The van der Waals surface area contributed by atoms with Crippen molar-refractivity contribution in [2.75, 3.05) is 6.61 Å². The van der Waals surface area contributed by atoms with Gasteiger partial charge in [-0.05, 0) is 18.4 Å². The zero-order valence-electron chi connectivity index (χ0n) is 14.8. The van der Waals surface area contributed by atoms with Gasteiger partial charge in [0.2, 0.25) is 0 Å². The standard InChI is InChI=1S/C16H12F14O/c17-10(18)14(25,26)16(29,30)12(21,22)5-11(19,20)15(27,28)13(23,24)6-31-9-4-7-1-2-8(9)3-7/h1-2,4,7-8,10H,3,5-6H2. The molecule has 0 aromatic rings. The minimum absolute atomic E-state index is 0.284. The lowest BCUT2D eigenvalue weighted by Crippen LogP contribution is -2.63. The molecule has 0 saturated carbocycles. The smallest absolute Gasteiger partial charge is 0.378 e. The van der Waals surface area contributed by atoms with Gasteiger partial charge in [0.15, 0.2) is 6.61 Å². The Balaban J connectivity index is 2.20. The first kappa shape index (κ1) is 25.6. The Morgan fingerprint density at radius 2 is 1.29 bits per heavy atom. The van der Waals surface area contributed by atoms with Crippen molar-refractivity contribution in [3.63, 3.8) is 0 Å². The normalized spacial score (nSPS) is 23.0. The highest BCUT2D eigenvalue weighted by Gasteiger charge is 2.80. The fourth-order valence-electron chi connectivity index (χ4n) is 2.97. The highest BCUT2D eigenvalue weighted by molar-refractivity contribution is 5.26. The topological polar surface area (TPSA) is 9.23 Å². The number of halogens is 14. The van der Waals surface area contributed by atoms with E-state index in [0.29, 0.717) is 6.42 Å². The Morgan fingerprint density at radius 1 is 0.774 bits per heavy atom. The Morgan fingerprint density at radius 3 is 1.71 bits per heavy atom. The summed E-state index contributed by atoms with van der Waals surface area (Å²) < 4.78 is 189. The van der Waals surface area contributed by atoms with Gasteiger partial charge < -0.3 is 4.74 Å². The predicted molar refractivity (Wildman–Crippen MR) is 75.1 cm³/mol. The van der Waals surface area contributed by atoms with E-state index in [1.54, 1.807) is 6.08 Å². The van der Waals surface area contributed by atoms with Crippen molar-refractivity contribution in [3.05, 3.63) is 24.0 Å². The third-order valence-electron chi connectivity index (χ3n) is 4.80. The van der Waals surface area contributed by atoms with Crippen LogP contribution in [0.2, 0.25) is 0 Å². The van der Waals surface area contributed by atoms with Gasteiger partial charge in [-0.3, -0.25) is 0 Å². The van der Waals surface area contributed by atoms with E-state index < -0.39 is 60.9 Å². The Kier molecular flexibility index (Phi) is 6.12. The van der Waals surface area contributed by atoms with Crippen molar-refractivity contribution in [3.8, 4) is 0 Å². The van der Waals surface area contributed by atoms with Crippen molar-refractivity contribution >= 4 is 0 Å². The number of fused-ring (bicyclic) bond motifs is 2. The van der Waals surface area contributed by atoms with E-state index in [1.165, 1.54) is 12.2 Å². The molecule has 2 atom stereocenters. The quantitative estimate of drug-likeness (QED) is 0.251. The third-order valence-corrected chi connectivity index (χ3v) is 4.80. The van der Waals surface area contributed by atoms with Crippen LogP contribution < -0.4 is 0 Å². The van der Waals surface area contributed by atoms with Gasteiger partial charge in [-0.1, -0.05) is 12.2 Å². The molecule has 15 heteroatoms. The molecule has 0 fully saturated rings. The second-order valence-electron chi connectivity index (χ2n) is 7.11. The molecule has 0 radical (unpaired) electrons. The summed E-state index contributed by atoms with van der Waals surface area (Å²) in [7, 11) is 0. The van der Waals surface area contributed by atoms with E-state index >= 15 is 0 Å². The third kappa shape index (κ3) is 4.08. The molecule has 0 amide bonds. The van der Waals surface area contributed by atoms with Crippen LogP contribution in [-0.4, -0.2) is 48.6 Å². The summed E-state index contributed by atoms with van der Waals surface area (Å²) >= 11 is 0. The van der Waals surface area contributed by atoms with Crippen molar-refractivity contribution in [2.24, 2.45) is 11.8 Å². The second-order valence-corrected chi connectivity index (χ2v) is 7.11. The number of rotatable bonds is 10. The molecule has 0 N–H and O–H groups in total. The minimum atomic E-state index is -7.26. The molecule has 1 nitrogen and oxygen atoms in total. The molecule has 2 aliphatic carbocycles. The van der Waals surface area contributed by atoms with E-state index in [-0.39, 0.29) is 11.7 Å². The van der Waals surface area contributed by atoms with Crippen LogP contribution in [0.4, 0.5) is 61.5 Å². The first-order valence-electron chi connectivity index (χ1n) is 8.27. The lowest BCUT2D eigenvalue weighted by atomic mass is 9.93. The summed E-state index contributed by atoms with van der Waals surface area (Å²) in [5.41, 5.74) is 0. The lowest BCUT2D eigenvalue weighted by molar-refractivity contribution is -0.372. The van der Waals surface area contributed by atoms with Crippen molar-refractivity contribution < 1.29 is 66.2 Å². The summed E-state index contributed by atoms with van der Waals surface area (Å²) in [6, 6.07) is 0. The number of ether oxygens (including phenoxy) is 1. The van der Waals surface area contributed by atoms with Crippen LogP contribution in [0.25, 0.3) is 0 Å². The molecule has 0 heterocycles. The Hall–Kier alpha value is -1.70. The van der Waals surface area contributed by atoms with Crippen LogP contribution in [-0.2, 0) is 4.74 Å². The van der Waals surface area contributed by atoms with E-state index in [9.17, 15) is 61.5 Å². The van der Waals surface area contributed by atoms with Crippen LogP contribution >= 0.6 is 0 Å². The molecule has 180 valence electrons. The fourth-order valence-corrected chi connectivity index (χ4v) is 2.97. The van der Waals surface area contributed by atoms with Gasteiger partial charge in [0.05, 0.1) is 12.2 Å². The molecule has 0 aliphatic heterocycles. The van der Waals surface area contributed by atoms with Crippen LogP contribution in [0.5, 0.6) is 0 Å². The summed E-state index contributed by atoms with van der Waals surface area (Å²) in [5.74, 6) is -41.8. The zero-order valence-corrected chi connectivity index (χ0v) is 14.8. The summed E-state index contributed by atoms with van der Waals surface area (Å²) in [4.78, 5) is 0. The molecule has 2 rings (SSSR count). The molecule has 0 spiro atoms. The Bertz CT molecular complexity index is 739. The maximum absolute atomic E-state index is 13.7. The highest BCUT2D eigenvalue weighted by atomic mass is 19.4. The van der Waals surface area contributed by atoms with Crippen LogP contribution in [0, 0.1) is 11.8 Å². The summed E-state index contributed by atoms with van der Waals surface area (Å²) in [6.07, 6.45) is -5.19. The first-order valence-corrected chi connectivity index (χ1v) is 8.27. The molecular formula is C16H12F14O. The molecule has 2 aliphatic rings. The van der Waals surface area contributed by atoms with Crippen LogP contribution in [0.1, 0.15) is 12.8 Å². The molecular weight excluding hydrogens is 474 g/mol. The maximum Gasteiger partial charge on any atom is 0.378 e. The SMILES string of the molecule is FC(F)C(F)(F)C(F)(F)C(F)(F)CC(F)(F)C(F)(F)C(F)(F)COC1=CC2C=CC1C2. The van der Waals surface area contributed by atoms with E-state index in [2.05, 4.69) is 4.74 Å². The van der Waals surface area contributed by atoms with Gasteiger partial charge in [0.25, 0.3) is 0 Å². The van der Waals surface area contributed by atoms with Crippen LogP contribution in [0.3, 0.4) is 0 Å². The van der Waals surface area contributed by atoms with Crippen LogP contribution in [0.15, 0.2) is 24.0 Å². The van der Waals surface area contributed by atoms with Crippen molar-refractivity contribution in [2.45, 2.75) is 54.8 Å². The molecule has 0 saturated heterocycles. The van der Waals surface area contributed by atoms with Gasteiger partial charge in [0, 0.05) is 5.92 Å². The number of hydrogen-bond acceptors (Lipinski definition) is 1. The van der Waals surface area contributed by atoms with Gasteiger partial charge >= 0.3 is 42.0 Å². The van der Waals surface area contributed by atoms with Gasteiger partial charge in [-0.25, -0.2) is 8.78 Å². The molecule has 0 aromatic heterocycles. The number of alkyl halides is 14. The van der Waals surface area contributed by atoms with Gasteiger partial charge in [-0.2, -0.15) is 52.7 Å². The summed E-state index contributed by atoms with van der Waals surface area (Å²) in [5, 5.41) is 0. The van der Waals surface area contributed by atoms with Crippen molar-refractivity contribution in [1.29, 1.82) is 0 Å². The largest absolute Gasteiger partial charge is 0.491 e. The lowest BCUT2D eigenvalue weighted by Gasteiger charge is -2.37. The Labute approximate surface area is 164 Å². The highest BCUT2D eigenvalue weighted by Crippen LogP contribution is 2.56. The fraction of sp³-hybridized carbons (Fsp3) is 0.750. The zero-order chi connectivity index (χ0) is 24.3. The van der Waals surface area contributed by atoms with Gasteiger partial charge in [-0.15, -0.1) is 0 Å². The maximum atomic E-state index is 13.7. The average molecular weight is 486 g/mol. The van der Waals surface area contributed by atoms with E-state index in [0.717, 1.165) is 0 Å². The second kappa shape index (κ2) is 7.42. The van der Waals surface area contributed by atoms with Gasteiger partial charge in [0.1, 0.15) is 0 Å². The molecule has 2 bridgehead atoms. The minimum Gasteiger partial charge on any atom is -0.491 e.